The van der Waals surface area contributed by atoms with Gasteiger partial charge in [0.2, 0.25) is 11.9 Å². The van der Waals surface area contributed by atoms with E-state index >= 15 is 0 Å². The number of hydrogen-bond donors (Lipinski definition) is 3. The first-order valence-corrected chi connectivity index (χ1v) is 10.3. The second-order valence-corrected chi connectivity index (χ2v) is 7.67. The SMILES string of the molecule is COc1ccc(Nc2nc3c(c(=O)[nH]2)[C@@H](c2cccc4ccccc24)[C@@H](C#N)C(=O)N3)cc1. The molecule has 4 aromatic rings. The number of nitrogens with zero attached hydrogens (tertiary/aromatic N) is 2. The molecule has 0 radical (unpaired) electrons. The van der Waals surface area contributed by atoms with Crippen LogP contribution in [0.15, 0.2) is 71.5 Å². The zero-order chi connectivity index (χ0) is 22.9. The van der Waals surface area contributed by atoms with Crippen LogP contribution in [0.3, 0.4) is 0 Å². The Balaban J connectivity index is 1.63. The lowest BCUT2D eigenvalue weighted by atomic mass is 9.77. The van der Waals surface area contributed by atoms with Crippen molar-refractivity contribution >= 4 is 34.1 Å². The Hall–Kier alpha value is -4.64. The summed E-state index contributed by atoms with van der Waals surface area (Å²) < 4.78 is 5.15. The Bertz CT molecular complexity index is 1470. The predicted molar refractivity (Wildman–Crippen MR) is 125 cm³/mol. The molecule has 2 atom stereocenters. The van der Waals surface area contributed by atoms with Crippen LogP contribution >= 0.6 is 0 Å². The molecule has 8 heteroatoms. The van der Waals surface area contributed by atoms with Crippen molar-refractivity contribution in [2.24, 2.45) is 5.92 Å². The van der Waals surface area contributed by atoms with E-state index < -0.39 is 23.3 Å². The lowest BCUT2D eigenvalue weighted by Crippen LogP contribution is -2.38. The number of benzene rings is 3. The molecule has 5 rings (SSSR count). The third kappa shape index (κ3) is 3.55. The molecule has 0 bridgehead atoms. The van der Waals surface area contributed by atoms with Gasteiger partial charge in [0.25, 0.3) is 5.56 Å². The van der Waals surface area contributed by atoms with Gasteiger partial charge in [-0.05, 0) is 40.6 Å². The Kier molecular flexibility index (Phi) is 4.99. The van der Waals surface area contributed by atoms with Gasteiger partial charge < -0.3 is 15.4 Å². The molecule has 8 nitrogen and oxygen atoms in total. The maximum Gasteiger partial charge on any atom is 0.258 e. The average molecular weight is 437 g/mol. The number of hydrogen-bond acceptors (Lipinski definition) is 6. The highest BCUT2D eigenvalue weighted by molar-refractivity contribution is 5.99. The van der Waals surface area contributed by atoms with E-state index in [1.165, 1.54) is 0 Å². The summed E-state index contributed by atoms with van der Waals surface area (Å²) in [4.78, 5) is 33.3. The fourth-order valence-corrected chi connectivity index (χ4v) is 4.24. The van der Waals surface area contributed by atoms with Crippen LogP contribution in [0.25, 0.3) is 10.8 Å². The van der Waals surface area contributed by atoms with E-state index in [-0.39, 0.29) is 17.3 Å². The molecule has 33 heavy (non-hydrogen) atoms. The van der Waals surface area contributed by atoms with Crippen molar-refractivity contribution in [1.82, 2.24) is 9.97 Å². The zero-order valence-electron chi connectivity index (χ0n) is 17.6. The first kappa shape index (κ1) is 20.3. The fraction of sp³-hybridized carbons (Fsp3) is 0.120. The average Bonchev–Trinajstić information content (AvgIpc) is 2.83. The molecule has 162 valence electrons. The molecule has 0 spiro atoms. The molecule has 0 aliphatic carbocycles. The normalized spacial score (nSPS) is 17.0. The highest BCUT2D eigenvalue weighted by atomic mass is 16.5. The van der Waals surface area contributed by atoms with E-state index in [0.29, 0.717) is 11.4 Å². The van der Waals surface area contributed by atoms with Gasteiger partial charge in [0, 0.05) is 11.6 Å². The number of ether oxygens (including phenoxy) is 1. The smallest absolute Gasteiger partial charge is 0.258 e. The summed E-state index contributed by atoms with van der Waals surface area (Å²) in [6, 6.07) is 22.5. The number of H-pyrrole nitrogens is 1. The summed E-state index contributed by atoms with van der Waals surface area (Å²) in [5, 5.41) is 17.3. The standard InChI is InChI=1S/C25H19N5O3/c1-33-16-11-9-15(10-12-16)27-25-29-22-21(24(32)30-25)20(19(13-26)23(31)28-22)18-8-4-6-14-5-2-3-7-17(14)18/h2-12,19-20H,1H3,(H3,27,28,29,30,31,32)/t19-,20+/m1/s1. The van der Waals surface area contributed by atoms with Crippen LogP contribution in [0, 0.1) is 17.2 Å². The second-order valence-electron chi connectivity index (χ2n) is 7.67. The van der Waals surface area contributed by atoms with Gasteiger partial charge in [-0.25, -0.2) is 0 Å². The lowest BCUT2D eigenvalue weighted by Gasteiger charge is -2.29. The molecule has 3 aromatic carbocycles. The third-order valence-electron chi connectivity index (χ3n) is 5.77. The lowest BCUT2D eigenvalue weighted by molar-refractivity contribution is -0.119. The van der Waals surface area contributed by atoms with Gasteiger partial charge >= 0.3 is 0 Å². The molecule has 1 amide bonds. The Morgan fingerprint density at radius 2 is 1.79 bits per heavy atom. The molecule has 1 aliphatic heterocycles. The van der Waals surface area contributed by atoms with E-state index in [2.05, 4.69) is 26.7 Å². The van der Waals surface area contributed by atoms with E-state index in [9.17, 15) is 14.9 Å². The number of nitrogens with one attached hydrogen (secondary N) is 3. The first-order valence-electron chi connectivity index (χ1n) is 10.3. The summed E-state index contributed by atoms with van der Waals surface area (Å²) in [5.41, 5.74) is 1.26. The van der Waals surface area contributed by atoms with Crippen molar-refractivity contribution in [2.45, 2.75) is 5.92 Å². The molecule has 3 N–H and O–H groups in total. The van der Waals surface area contributed by atoms with E-state index in [4.69, 9.17) is 4.74 Å². The van der Waals surface area contributed by atoms with Crippen LogP contribution < -0.4 is 20.9 Å². The molecular weight excluding hydrogens is 418 g/mol. The van der Waals surface area contributed by atoms with Crippen molar-refractivity contribution in [3.05, 3.63) is 88.2 Å². The summed E-state index contributed by atoms with van der Waals surface area (Å²) in [5.74, 6) is -1.29. The van der Waals surface area contributed by atoms with Crippen LogP contribution in [0.5, 0.6) is 5.75 Å². The molecule has 1 aliphatic rings. The van der Waals surface area contributed by atoms with E-state index in [0.717, 1.165) is 16.3 Å². The van der Waals surface area contributed by atoms with Crippen molar-refractivity contribution in [1.29, 1.82) is 5.26 Å². The van der Waals surface area contributed by atoms with Gasteiger partial charge in [-0.2, -0.15) is 10.2 Å². The molecule has 0 fully saturated rings. The van der Waals surface area contributed by atoms with Gasteiger partial charge in [0.05, 0.1) is 18.7 Å². The molecule has 0 unspecified atom stereocenters. The third-order valence-corrected chi connectivity index (χ3v) is 5.77. The van der Waals surface area contributed by atoms with Crippen LogP contribution in [0.4, 0.5) is 17.5 Å². The number of anilines is 3. The maximum absolute atomic E-state index is 13.2. The summed E-state index contributed by atoms with van der Waals surface area (Å²) in [7, 11) is 1.58. The van der Waals surface area contributed by atoms with Gasteiger partial charge in [-0.3, -0.25) is 14.6 Å². The van der Waals surface area contributed by atoms with Gasteiger partial charge in [-0.15, -0.1) is 0 Å². The van der Waals surface area contributed by atoms with Crippen molar-refractivity contribution in [3.8, 4) is 11.8 Å². The van der Waals surface area contributed by atoms with Crippen LogP contribution in [0.2, 0.25) is 0 Å². The molecule has 1 aromatic heterocycles. The molecule has 0 saturated carbocycles. The van der Waals surface area contributed by atoms with E-state index in [1.54, 1.807) is 31.4 Å². The molecule has 2 heterocycles. The topological polar surface area (TPSA) is 120 Å². The van der Waals surface area contributed by atoms with E-state index in [1.807, 2.05) is 42.5 Å². The first-order chi connectivity index (χ1) is 16.1. The van der Waals surface area contributed by atoms with Crippen LogP contribution in [-0.4, -0.2) is 23.0 Å². The van der Waals surface area contributed by atoms with Crippen molar-refractivity contribution in [2.75, 3.05) is 17.7 Å². The number of fused-ring (bicyclic) bond motifs is 2. The minimum atomic E-state index is -1.06. The van der Waals surface area contributed by atoms with Gasteiger partial charge in [0.15, 0.2) is 0 Å². The van der Waals surface area contributed by atoms with Crippen LogP contribution in [-0.2, 0) is 4.79 Å². The molecule has 0 saturated heterocycles. The highest BCUT2D eigenvalue weighted by Crippen LogP contribution is 2.40. The van der Waals surface area contributed by atoms with Crippen LogP contribution in [0.1, 0.15) is 17.0 Å². The number of aromatic amines is 1. The van der Waals surface area contributed by atoms with Crippen molar-refractivity contribution < 1.29 is 9.53 Å². The highest BCUT2D eigenvalue weighted by Gasteiger charge is 2.40. The Morgan fingerprint density at radius 3 is 2.55 bits per heavy atom. The number of methoxy groups -OCH3 is 1. The number of amides is 1. The number of carbonyl (C=O) groups is 1. The minimum absolute atomic E-state index is 0.143. The van der Waals surface area contributed by atoms with Gasteiger partial charge in [0.1, 0.15) is 17.5 Å². The molecular formula is C25H19N5O3. The fourth-order valence-electron chi connectivity index (χ4n) is 4.24. The predicted octanol–water partition coefficient (Wildman–Crippen LogP) is 3.90. The van der Waals surface area contributed by atoms with Gasteiger partial charge in [-0.1, -0.05) is 42.5 Å². The number of carbonyl (C=O) groups excluding carboxylic acids is 1. The Morgan fingerprint density at radius 1 is 1.03 bits per heavy atom. The number of nitriles is 1. The minimum Gasteiger partial charge on any atom is -0.497 e. The number of rotatable bonds is 4. The maximum atomic E-state index is 13.2. The monoisotopic (exact) mass is 437 g/mol. The summed E-state index contributed by atoms with van der Waals surface area (Å²) in [6.45, 7) is 0. The largest absolute Gasteiger partial charge is 0.497 e. The second kappa shape index (κ2) is 8.13. The van der Waals surface area contributed by atoms with Crippen molar-refractivity contribution in [3.63, 3.8) is 0 Å². The number of aromatic nitrogens is 2. The summed E-state index contributed by atoms with van der Waals surface area (Å²) in [6.07, 6.45) is 0. The zero-order valence-corrected chi connectivity index (χ0v) is 17.6. The summed E-state index contributed by atoms with van der Waals surface area (Å²) >= 11 is 0. The Labute approximate surface area is 188 Å². The quantitative estimate of drug-likeness (QED) is 0.445.